The van der Waals surface area contributed by atoms with Crippen LogP contribution in [0.25, 0.3) is 0 Å². The first kappa shape index (κ1) is 11.2. The largest absolute Gasteiger partial charge is 0.348 e. The SMILES string of the molecule is CC(C)CCCCNCc1ncc[nH]1. The van der Waals surface area contributed by atoms with Crippen LogP contribution in [0.4, 0.5) is 0 Å². The molecule has 0 radical (unpaired) electrons. The minimum atomic E-state index is 0.833. The van der Waals surface area contributed by atoms with Crippen molar-refractivity contribution in [3.05, 3.63) is 18.2 Å². The fraction of sp³-hybridized carbons (Fsp3) is 0.727. The maximum atomic E-state index is 4.14. The van der Waals surface area contributed by atoms with E-state index in [1.54, 1.807) is 6.20 Å². The Labute approximate surface area is 86.3 Å². The smallest absolute Gasteiger partial charge is 0.120 e. The minimum absolute atomic E-state index is 0.833. The van der Waals surface area contributed by atoms with Gasteiger partial charge >= 0.3 is 0 Å². The van der Waals surface area contributed by atoms with E-state index in [0.29, 0.717) is 0 Å². The number of hydrogen-bond acceptors (Lipinski definition) is 2. The molecule has 3 nitrogen and oxygen atoms in total. The highest BCUT2D eigenvalue weighted by Gasteiger charge is 1.95. The fourth-order valence-electron chi connectivity index (χ4n) is 1.40. The Morgan fingerprint density at radius 1 is 1.43 bits per heavy atom. The second-order valence-electron chi connectivity index (χ2n) is 4.10. The zero-order valence-electron chi connectivity index (χ0n) is 9.21. The number of nitrogens with zero attached hydrogens (tertiary/aromatic N) is 1. The van der Waals surface area contributed by atoms with Crippen molar-refractivity contribution in [2.45, 2.75) is 39.7 Å². The molecular formula is C11H21N3. The van der Waals surface area contributed by atoms with Gasteiger partial charge in [0.25, 0.3) is 0 Å². The third kappa shape index (κ3) is 5.02. The van der Waals surface area contributed by atoms with Crippen LogP contribution in [0.2, 0.25) is 0 Å². The Morgan fingerprint density at radius 3 is 2.93 bits per heavy atom. The summed E-state index contributed by atoms with van der Waals surface area (Å²) in [6, 6.07) is 0. The number of hydrogen-bond donors (Lipinski definition) is 2. The first-order valence-corrected chi connectivity index (χ1v) is 5.48. The lowest BCUT2D eigenvalue weighted by molar-refractivity contribution is 0.518. The lowest BCUT2D eigenvalue weighted by Crippen LogP contribution is -2.15. The standard InChI is InChI=1S/C11H21N3/c1-10(2)5-3-4-6-12-9-11-13-7-8-14-11/h7-8,10,12H,3-6,9H2,1-2H3,(H,13,14). The average Bonchev–Trinajstić information content (AvgIpc) is 2.63. The van der Waals surface area contributed by atoms with Crippen LogP contribution in [0.5, 0.6) is 0 Å². The molecule has 0 fully saturated rings. The lowest BCUT2D eigenvalue weighted by atomic mass is 10.1. The summed E-state index contributed by atoms with van der Waals surface area (Å²) in [6.45, 7) is 6.49. The Morgan fingerprint density at radius 2 is 2.29 bits per heavy atom. The Kier molecular flexibility index (Phi) is 5.30. The summed E-state index contributed by atoms with van der Waals surface area (Å²) in [4.78, 5) is 7.22. The van der Waals surface area contributed by atoms with E-state index < -0.39 is 0 Å². The van der Waals surface area contributed by atoms with Crippen molar-refractivity contribution in [1.29, 1.82) is 0 Å². The van der Waals surface area contributed by atoms with Crippen LogP contribution in [0.15, 0.2) is 12.4 Å². The van der Waals surface area contributed by atoms with Gasteiger partial charge in [-0.05, 0) is 18.9 Å². The molecular weight excluding hydrogens is 174 g/mol. The van der Waals surface area contributed by atoms with Crippen molar-refractivity contribution < 1.29 is 0 Å². The zero-order valence-corrected chi connectivity index (χ0v) is 9.21. The quantitative estimate of drug-likeness (QED) is 0.656. The van der Waals surface area contributed by atoms with Gasteiger partial charge in [0, 0.05) is 12.4 Å². The number of H-pyrrole nitrogens is 1. The maximum absolute atomic E-state index is 4.14. The number of imidazole rings is 1. The number of aromatic nitrogens is 2. The van der Waals surface area contributed by atoms with Gasteiger partial charge in [-0.3, -0.25) is 0 Å². The number of rotatable bonds is 7. The molecule has 0 amide bonds. The Bertz CT molecular complexity index is 216. The van der Waals surface area contributed by atoms with Gasteiger partial charge in [0.2, 0.25) is 0 Å². The van der Waals surface area contributed by atoms with Crippen LogP contribution in [0.1, 0.15) is 38.9 Å². The van der Waals surface area contributed by atoms with E-state index in [4.69, 9.17) is 0 Å². The molecule has 0 aliphatic carbocycles. The molecule has 0 aromatic carbocycles. The summed E-state index contributed by atoms with van der Waals surface area (Å²) in [7, 11) is 0. The first-order chi connectivity index (χ1) is 6.79. The molecule has 0 aliphatic heterocycles. The molecule has 0 atom stereocenters. The van der Waals surface area contributed by atoms with Crippen LogP contribution in [-0.2, 0) is 6.54 Å². The predicted octanol–water partition coefficient (Wildman–Crippen LogP) is 2.33. The zero-order chi connectivity index (χ0) is 10.2. The molecule has 3 heteroatoms. The van der Waals surface area contributed by atoms with E-state index in [2.05, 4.69) is 29.1 Å². The van der Waals surface area contributed by atoms with Gasteiger partial charge in [-0.2, -0.15) is 0 Å². The molecule has 14 heavy (non-hydrogen) atoms. The molecule has 2 N–H and O–H groups in total. The van der Waals surface area contributed by atoms with Gasteiger partial charge in [-0.15, -0.1) is 0 Å². The summed E-state index contributed by atoms with van der Waals surface area (Å²) < 4.78 is 0. The average molecular weight is 195 g/mol. The van der Waals surface area contributed by atoms with Gasteiger partial charge in [0.05, 0.1) is 6.54 Å². The first-order valence-electron chi connectivity index (χ1n) is 5.48. The minimum Gasteiger partial charge on any atom is -0.348 e. The maximum Gasteiger partial charge on any atom is 0.120 e. The Hall–Kier alpha value is -0.830. The number of aromatic amines is 1. The predicted molar refractivity (Wildman–Crippen MR) is 59.0 cm³/mol. The van der Waals surface area contributed by atoms with Gasteiger partial charge < -0.3 is 10.3 Å². The van der Waals surface area contributed by atoms with E-state index in [-0.39, 0.29) is 0 Å². The molecule has 1 rings (SSSR count). The summed E-state index contributed by atoms with van der Waals surface area (Å²) in [5, 5.41) is 3.37. The van der Waals surface area contributed by atoms with Crippen molar-refractivity contribution in [3.8, 4) is 0 Å². The Balaban J connectivity index is 1.90. The summed E-state index contributed by atoms with van der Waals surface area (Å²) in [5.41, 5.74) is 0. The van der Waals surface area contributed by atoms with Gasteiger partial charge in [-0.25, -0.2) is 4.98 Å². The normalized spacial score (nSPS) is 11.1. The highest BCUT2D eigenvalue weighted by molar-refractivity contribution is 4.85. The van der Waals surface area contributed by atoms with Crippen LogP contribution in [-0.4, -0.2) is 16.5 Å². The molecule has 0 bridgehead atoms. The summed E-state index contributed by atoms with van der Waals surface area (Å²) >= 11 is 0. The highest BCUT2D eigenvalue weighted by Crippen LogP contribution is 2.05. The number of nitrogens with one attached hydrogen (secondary N) is 2. The van der Waals surface area contributed by atoms with Crippen LogP contribution in [0.3, 0.4) is 0 Å². The summed E-state index contributed by atoms with van der Waals surface area (Å²) in [6.07, 6.45) is 7.57. The van der Waals surface area contributed by atoms with Gasteiger partial charge in [-0.1, -0.05) is 26.7 Å². The second-order valence-corrected chi connectivity index (χ2v) is 4.10. The molecule has 1 aromatic rings. The van der Waals surface area contributed by atoms with Crippen molar-refractivity contribution in [2.75, 3.05) is 6.54 Å². The number of unbranched alkanes of at least 4 members (excludes halogenated alkanes) is 1. The van der Waals surface area contributed by atoms with Crippen molar-refractivity contribution in [2.24, 2.45) is 5.92 Å². The summed E-state index contributed by atoms with van der Waals surface area (Å²) in [5.74, 6) is 1.86. The molecule has 1 heterocycles. The van der Waals surface area contributed by atoms with E-state index in [1.165, 1.54) is 19.3 Å². The van der Waals surface area contributed by atoms with E-state index in [9.17, 15) is 0 Å². The van der Waals surface area contributed by atoms with Crippen molar-refractivity contribution >= 4 is 0 Å². The van der Waals surface area contributed by atoms with Crippen LogP contribution >= 0.6 is 0 Å². The molecule has 1 aromatic heterocycles. The van der Waals surface area contributed by atoms with Crippen molar-refractivity contribution in [3.63, 3.8) is 0 Å². The monoisotopic (exact) mass is 195 g/mol. The second kappa shape index (κ2) is 6.60. The third-order valence-corrected chi connectivity index (χ3v) is 2.23. The lowest BCUT2D eigenvalue weighted by Gasteiger charge is -2.04. The van der Waals surface area contributed by atoms with Crippen LogP contribution in [0, 0.1) is 5.92 Å². The third-order valence-electron chi connectivity index (χ3n) is 2.23. The molecule has 0 aliphatic rings. The van der Waals surface area contributed by atoms with E-state index >= 15 is 0 Å². The molecule has 0 saturated carbocycles. The van der Waals surface area contributed by atoms with Crippen LogP contribution < -0.4 is 5.32 Å². The topological polar surface area (TPSA) is 40.7 Å². The molecule has 0 spiro atoms. The molecule has 0 saturated heterocycles. The highest BCUT2D eigenvalue weighted by atomic mass is 15.0. The fourth-order valence-corrected chi connectivity index (χ4v) is 1.40. The van der Waals surface area contributed by atoms with E-state index in [1.807, 2.05) is 6.20 Å². The molecule has 0 unspecified atom stereocenters. The van der Waals surface area contributed by atoms with Gasteiger partial charge in [0.15, 0.2) is 0 Å². The molecule has 80 valence electrons. The van der Waals surface area contributed by atoms with E-state index in [0.717, 1.165) is 24.8 Å². The van der Waals surface area contributed by atoms with Crippen molar-refractivity contribution in [1.82, 2.24) is 15.3 Å². The van der Waals surface area contributed by atoms with Gasteiger partial charge in [0.1, 0.15) is 5.82 Å².